The second kappa shape index (κ2) is 8.61. The van der Waals surface area contributed by atoms with Gasteiger partial charge < -0.3 is 10.7 Å². The Morgan fingerprint density at radius 1 is 0.933 bits per heavy atom. The number of aromatic nitrogens is 3. The van der Waals surface area contributed by atoms with Gasteiger partial charge in [0.1, 0.15) is 5.70 Å². The first-order chi connectivity index (χ1) is 14.5. The number of benzene rings is 1. The molecule has 30 heavy (non-hydrogen) atoms. The van der Waals surface area contributed by atoms with Crippen molar-refractivity contribution in [1.29, 1.82) is 0 Å². The van der Waals surface area contributed by atoms with Crippen molar-refractivity contribution in [1.82, 2.24) is 20.0 Å². The Kier molecular flexibility index (Phi) is 5.74. The molecule has 0 unspecified atom stereocenters. The van der Waals surface area contributed by atoms with Gasteiger partial charge >= 0.3 is 0 Å². The van der Waals surface area contributed by atoms with E-state index in [1.54, 1.807) is 11.2 Å². The van der Waals surface area contributed by atoms with E-state index in [4.69, 9.17) is 16.6 Å². The quantitative estimate of drug-likeness (QED) is 0.341. The molecule has 3 aromatic heterocycles. The van der Waals surface area contributed by atoms with Crippen molar-refractivity contribution in [3.63, 3.8) is 0 Å². The van der Waals surface area contributed by atoms with E-state index < -0.39 is 0 Å². The van der Waals surface area contributed by atoms with Crippen LogP contribution in [0, 0.1) is 6.92 Å². The van der Waals surface area contributed by atoms with Crippen molar-refractivity contribution in [2.45, 2.75) is 13.5 Å². The van der Waals surface area contributed by atoms with Gasteiger partial charge in [-0.05, 0) is 58.7 Å². The topological polar surface area (TPSA) is 94.0 Å². The predicted molar refractivity (Wildman–Crippen MR) is 123 cm³/mol. The first-order valence-electron chi connectivity index (χ1n) is 9.44. The van der Waals surface area contributed by atoms with Gasteiger partial charge in [0, 0.05) is 16.4 Å². The standard InChI is InChI=1S/C23H21BrN6/c1-15-6-5-9-19(28-15)22(25)23(30(26)14-16-7-3-2-4-8-16)20-11-10-18-21(29-20)12-17(24)13-27-18/h2-13H,14,25-26H2,1H3/b23-22-. The number of aryl methyl sites for hydroxylation is 1. The Balaban J connectivity index is 1.85. The highest BCUT2D eigenvalue weighted by molar-refractivity contribution is 9.10. The SMILES string of the molecule is Cc1cccc(/C(N)=C(\c2ccc3ncc(Br)cc3n2)N(N)Cc2ccccc2)n1. The number of hydrazine groups is 1. The number of halogens is 1. The summed E-state index contributed by atoms with van der Waals surface area (Å²) in [6.07, 6.45) is 1.75. The third-order valence-electron chi connectivity index (χ3n) is 4.65. The van der Waals surface area contributed by atoms with E-state index in [1.807, 2.05) is 73.7 Å². The molecule has 1 aromatic carbocycles. The highest BCUT2D eigenvalue weighted by Gasteiger charge is 2.18. The fraction of sp³-hybridized carbons (Fsp3) is 0.0870. The van der Waals surface area contributed by atoms with Crippen molar-refractivity contribution in [3.8, 4) is 0 Å². The molecule has 150 valence electrons. The second-order valence-corrected chi connectivity index (χ2v) is 7.84. The fourth-order valence-electron chi connectivity index (χ4n) is 3.23. The van der Waals surface area contributed by atoms with Crippen LogP contribution < -0.4 is 11.6 Å². The molecule has 4 aromatic rings. The lowest BCUT2D eigenvalue weighted by Crippen LogP contribution is -2.31. The van der Waals surface area contributed by atoms with Crippen LogP contribution in [0.25, 0.3) is 22.4 Å². The number of nitrogens with two attached hydrogens (primary N) is 2. The summed E-state index contributed by atoms with van der Waals surface area (Å²) in [5, 5.41) is 1.62. The summed E-state index contributed by atoms with van der Waals surface area (Å²) in [7, 11) is 0. The number of hydrogen-bond acceptors (Lipinski definition) is 6. The molecule has 0 aliphatic rings. The van der Waals surface area contributed by atoms with Crippen LogP contribution >= 0.6 is 15.9 Å². The maximum atomic E-state index is 6.60. The van der Waals surface area contributed by atoms with E-state index in [2.05, 4.69) is 25.9 Å². The molecule has 3 heterocycles. The molecule has 0 aliphatic heterocycles. The highest BCUT2D eigenvalue weighted by Crippen LogP contribution is 2.26. The fourth-order valence-corrected chi connectivity index (χ4v) is 3.55. The lowest BCUT2D eigenvalue weighted by Gasteiger charge is -2.24. The maximum absolute atomic E-state index is 6.60. The zero-order chi connectivity index (χ0) is 21.1. The van der Waals surface area contributed by atoms with Gasteiger partial charge in [-0.1, -0.05) is 36.4 Å². The van der Waals surface area contributed by atoms with Gasteiger partial charge in [-0.3, -0.25) is 9.97 Å². The van der Waals surface area contributed by atoms with Crippen LogP contribution in [0.4, 0.5) is 0 Å². The Labute approximate surface area is 183 Å². The molecule has 0 aliphatic carbocycles. The van der Waals surface area contributed by atoms with Crippen molar-refractivity contribution < 1.29 is 0 Å². The third kappa shape index (κ3) is 4.32. The number of hydrogen-bond donors (Lipinski definition) is 2. The van der Waals surface area contributed by atoms with Crippen LogP contribution in [0.2, 0.25) is 0 Å². The Bertz CT molecular complexity index is 1220. The van der Waals surface area contributed by atoms with Crippen molar-refractivity contribution in [2.75, 3.05) is 0 Å². The smallest absolute Gasteiger partial charge is 0.103 e. The average Bonchev–Trinajstić information content (AvgIpc) is 2.74. The van der Waals surface area contributed by atoms with Crippen LogP contribution in [0.15, 0.2) is 77.4 Å². The molecular formula is C23H21BrN6. The predicted octanol–water partition coefficient (Wildman–Crippen LogP) is 4.26. The molecule has 4 rings (SSSR count). The van der Waals surface area contributed by atoms with Crippen molar-refractivity contribution >= 4 is 38.4 Å². The number of fused-ring (bicyclic) bond motifs is 1. The summed E-state index contributed by atoms with van der Waals surface area (Å²) >= 11 is 3.46. The van der Waals surface area contributed by atoms with Gasteiger partial charge in [-0.15, -0.1) is 0 Å². The maximum Gasteiger partial charge on any atom is 0.103 e. The summed E-state index contributed by atoms with van der Waals surface area (Å²) < 4.78 is 0.854. The second-order valence-electron chi connectivity index (χ2n) is 6.93. The van der Waals surface area contributed by atoms with Crippen LogP contribution in [0.3, 0.4) is 0 Å². The lowest BCUT2D eigenvalue weighted by molar-refractivity contribution is 0.409. The van der Waals surface area contributed by atoms with E-state index in [9.17, 15) is 0 Å². The van der Waals surface area contributed by atoms with Gasteiger partial charge in [-0.2, -0.15) is 0 Å². The van der Waals surface area contributed by atoms with Crippen molar-refractivity contribution in [3.05, 3.63) is 100 Å². The number of nitrogens with zero attached hydrogens (tertiary/aromatic N) is 4. The summed E-state index contributed by atoms with van der Waals surface area (Å²) in [6.45, 7) is 2.40. The van der Waals surface area contributed by atoms with Crippen LogP contribution in [0.1, 0.15) is 22.6 Å². The van der Waals surface area contributed by atoms with Gasteiger partial charge in [0.25, 0.3) is 0 Å². The first-order valence-corrected chi connectivity index (χ1v) is 10.2. The zero-order valence-corrected chi connectivity index (χ0v) is 18.0. The van der Waals surface area contributed by atoms with Gasteiger partial charge in [0.15, 0.2) is 0 Å². The molecule has 7 heteroatoms. The van der Waals surface area contributed by atoms with E-state index in [0.717, 1.165) is 26.8 Å². The van der Waals surface area contributed by atoms with Gasteiger partial charge in [0.2, 0.25) is 0 Å². The lowest BCUT2D eigenvalue weighted by atomic mass is 10.1. The Morgan fingerprint density at radius 2 is 1.73 bits per heavy atom. The first kappa shape index (κ1) is 20.0. The molecule has 0 saturated carbocycles. The summed E-state index contributed by atoms with van der Waals surface area (Å²) in [4.78, 5) is 13.8. The normalized spacial score (nSPS) is 12.0. The minimum atomic E-state index is 0.465. The van der Waals surface area contributed by atoms with Crippen molar-refractivity contribution in [2.24, 2.45) is 11.6 Å². The van der Waals surface area contributed by atoms with E-state index in [-0.39, 0.29) is 0 Å². The molecular weight excluding hydrogens is 440 g/mol. The van der Waals surface area contributed by atoms with E-state index in [0.29, 0.717) is 29.3 Å². The highest BCUT2D eigenvalue weighted by atomic mass is 79.9. The summed E-state index contributed by atoms with van der Waals surface area (Å²) in [5.74, 6) is 6.54. The molecule has 0 bridgehead atoms. The Morgan fingerprint density at radius 3 is 2.50 bits per heavy atom. The van der Waals surface area contributed by atoms with E-state index in [1.165, 1.54) is 0 Å². The molecule has 0 fully saturated rings. The molecule has 0 spiro atoms. The summed E-state index contributed by atoms with van der Waals surface area (Å²) in [6, 6.07) is 21.4. The van der Waals surface area contributed by atoms with E-state index >= 15 is 0 Å². The molecule has 0 saturated heterocycles. The third-order valence-corrected chi connectivity index (χ3v) is 5.08. The molecule has 0 radical (unpaired) electrons. The molecule has 4 N–H and O–H groups in total. The summed E-state index contributed by atoms with van der Waals surface area (Å²) in [5.41, 5.74) is 12.5. The number of pyridine rings is 3. The Hall–Kier alpha value is -3.29. The minimum Gasteiger partial charge on any atom is -0.395 e. The molecule has 0 atom stereocenters. The zero-order valence-electron chi connectivity index (χ0n) is 16.5. The molecule has 6 nitrogen and oxygen atoms in total. The average molecular weight is 461 g/mol. The monoisotopic (exact) mass is 460 g/mol. The largest absolute Gasteiger partial charge is 0.395 e. The van der Waals surface area contributed by atoms with Gasteiger partial charge in [-0.25, -0.2) is 10.8 Å². The van der Waals surface area contributed by atoms with Crippen LogP contribution in [-0.4, -0.2) is 20.0 Å². The molecule has 0 amide bonds. The minimum absolute atomic E-state index is 0.465. The van der Waals surface area contributed by atoms with Gasteiger partial charge in [0.05, 0.1) is 34.7 Å². The van der Waals surface area contributed by atoms with Crippen LogP contribution in [0.5, 0.6) is 0 Å². The number of rotatable bonds is 5. The van der Waals surface area contributed by atoms with Crippen LogP contribution in [-0.2, 0) is 6.54 Å².